The Kier molecular flexibility index (Phi) is 4.76. The van der Waals surface area contributed by atoms with E-state index in [0.717, 1.165) is 12.0 Å². The minimum atomic E-state index is -0.215. The molecule has 0 saturated carbocycles. The highest BCUT2D eigenvalue weighted by Crippen LogP contribution is 2.03. The summed E-state index contributed by atoms with van der Waals surface area (Å²) in [5.74, 6) is 0.241. The molecule has 0 saturated heterocycles. The van der Waals surface area contributed by atoms with E-state index >= 15 is 0 Å². The van der Waals surface area contributed by atoms with E-state index in [4.69, 9.17) is 5.73 Å². The van der Waals surface area contributed by atoms with Gasteiger partial charge >= 0.3 is 0 Å². The molecule has 0 amide bonds. The van der Waals surface area contributed by atoms with Crippen LogP contribution < -0.4 is 11.1 Å². The molecule has 0 bridgehead atoms. The molecule has 1 aromatic rings. The number of hydrogen-bond acceptors (Lipinski definition) is 1. The van der Waals surface area contributed by atoms with Gasteiger partial charge in [0.25, 0.3) is 0 Å². The molecule has 0 heterocycles. The maximum Gasteiger partial charge on any atom is 0.188 e. The largest absolute Gasteiger partial charge is 0.370 e. The SMILES string of the molecule is CC(C)NC(N)=NCCc1ccc(F)cc1. The molecule has 0 aliphatic rings. The normalized spacial score (nSPS) is 11.9. The average molecular weight is 223 g/mol. The van der Waals surface area contributed by atoms with E-state index in [2.05, 4.69) is 10.3 Å². The second kappa shape index (κ2) is 6.10. The minimum Gasteiger partial charge on any atom is -0.370 e. The van der Waals surface area contributed by atoms with Crippen LogP contribution >= 0.6 is 0 Å². The predicted octanol–water partition coefficient (Wildman–Crippen LogP) is 1.68. The first kappa shape index (κ1) is 12.5. The monoisotopic (exact) mass is 223 g/mol. The molecule has 0 aliphatic heterocycles. The third-order valence-electron chi connectivity index (χ3n) is 2.03. The third kappa shape index (κ3) is 4.77. The van der Waals surface area contributed by atoms with Crippen LogP contribution in [0.25, 0.3) is 0 Å². The van der Waals surface area contributed by atoms with Gasteiger partial charge in [0.05, 0.1) is 0 Å². The van der Waals surface area contributed by atoms with E-state index in [1.807, 2.05) is 13.8 Å². The van der Waals surface area contributed by atoms with E-state index in [9.17, 15) is 4.39 Å². The first-order chi connectivity index (χ1) is 7.58. The van der Waals surface area contributed by atoms with Gasteiger partial charge in [-0.2, -0.15) is 0 Å². The van der Waals surface area contributed by atoms with Crippen molar-refractivity contribution in [1.29, 1.82) is 0 Å². The van der Waals surface area contributed by atoms with Crippen molar-refractivity contribution in [2.45, 2.75) is 26.3 Å². The second-order valence-electron chi connectivity index (χ2n) is 3.94. The van der Waals surface area contributed by atoms with Crippen molar-refractivity contribution in [2.75, 3.05) is 6.54 Å². The first-order valence-electron chi connectivity index (χ1n) is 5.39. The van der Waals surface area contributed by atoms with Gasteiger partial charge in [0.15, 0.2) is 5.96 Å². The van der Waals surface area contributed by atoms with Gasteiger partial charge in [0.1, 0.15) is 5.82 Å². The molecule has 0 radical (unpaired) electrons. The number of aliphatic imine (C=N–C) groups is 1. The molecule has 0 unspecified atom stereocenters. The molecule has 3 N–H and O–H groups in total. The number of nitrogens with zero attached hydrogens (tertiary/aromatic N) is 1. The number of rotatable bonds is 4. The minimum absolute atomic E-state index is 0.215. The summed E-state index contributed by atoms with van der Waals surface area (Å²) in [6, 6.07) is 6.71. The van der Waals surface area contributed by atoms with Gasteiger partial charge in [0, 0.05) is 12.6 Å². The van der Waals surface area contributed by atoms with Crippen LogP contribution in [0.15, 0.2) is 29.3 Å². The van der Waals surface area contributed by atoms with Crippen LogP contribution in [-0.4, -0.2) is 18.5 Å². The molecule has 1 rings (SSSR count). The maximum atomic E-state index is 12.6. The fourth-order valence-electron chi connectivity index (χ4n) is 1.30. The van der Waals surface area contributed by atoms with E-state index in [0.29, 0.717) is 12.5 Å². The van der Waals surface area contributed by atoms with Crippen LogP contribution in [0.4, 0.5) is 4.39 Å². The number of benzene rings is 1. The Labute approximate surface area is 95.6 Å². The number of halogens is 1. The molecule has 3 nitrogen and oxygen atoms in total. The third-order valence-corrected chi connectivity index (χ3v) is 2.03. The molecule has 1 aromatic carbocycles. The van der Waals surface area contributed by atoms with Crippen molar-refractivity contribution in [3.8, 4) is 0 Å². The molecule has 4 heteroatoms. The summed E-state index contributed by atoms with van der Waals surface area (Å²) >= 11 is 0. The quantitative estimate of drug-likeness (QED) is 0.602. The van der Waals surface area contributed by atoms with E-state index in [-0.39, 0.29) is 11.9 Å². The van der Waals surface area contributed by atoms with Gasteiger partial charge < -0.3 is 11.1 Å². The lowest BCUT2D eigenvalue weighted by molar-refractivity contribution is 0.627. The van der Waals surface area contributed by atoms with E-state index < -0.39 is 0 Å². The molecular weight excluding hydrogens is 205 g/mol. The summed E-state index contributed by atoms with van der Waals surface area (Å²) in [6.45, 7) is 4.61. The number of guanidine groups is 1. The van der Waals surface area contributed by atoms with Gasteiger partial charge in [-0.25, -0.2) is 4.39 Å². The first-order valence-corrected chi connectivity index (χ1v) is 5.39. The molecule has 16 heavy (non-hydrogen) atoms. The summed E-state index contributed by atoms with van der Waals surface area (Å²) in [4.78, 5) is 4.17. The Morgan fingerprint density at radius 3 is 2.56 bits per heavy atom. The highest BCUT2D eigenvalue weighted by Gasteiger charge is 1.96. The molecule has 0 fully saturated rings. The summed E-state index contributed by atoms with van der Waals surface area (Å²) in [5.41, 5.74) is 6.70. The van der Waals surface area contributed by atoms with Gasteiger partial charge in [-0.05, 0) is 38.0 Å². The number of nitrogens with two attached hydrogens (primary N) is 1. The van der Waals surface area contributed by atoms with Crippen molar-refractivity contribution >= 4 is 5.96 Å². The van der Waals surface area contributed by atoms with Gasteiger partial charge in [-0.15, -0.1) is 0 Å². The van der Waals surface area contributed by atoms with Crippen LogP contribution in [0.2, 0.25) is 0 Å². The van der Waals surface area contributed by atoms with Crippen LogP contribution in [0, 0.1) is 5.82 Å². The molecular formula is C12H18FN3. The summed E-state index contributed by atoms with van der Waals surface area (Å²) in [6.07, 6.45) is 0.765. The topological polar surface area (TPSA) is 50.4 Å². The van der Waals surface area contributed by atoms with Crippen molar-refractivity contribution < 1.29 is 4.39 Å². The van der Waals surface area contributed by atoms with Gasteiger partial charge in [0.2, 0.25) is 0 Å². The number of nitrogens with one attached hydrogen (secondary N) is 1. The van der Waals surface area contributed by atoms with Crippen LogP contribution in [0.5, 0.6) is 0 Å². The zero-order valence-electron chi connectivity index (χ0n) is 9.70. The molecule has 0 aliphatic carbocycles. The fraction of sp³-hybridized carbons (Fsp3) is 0.417. The zero-order chi connectivity index (χ0) is 12.0. The van der Waals surface area contributed by atoms with Crippen LogP contribution in [-0.2, 0) is 6.42 Å². The predicted molar refractivity (Wildman–Crippen MR) is 64.9 cm³/mol. The summed E-state index contributed by atoms with van der Waals surface area (Å²) in [7, 11) is 0. The summed E-state index contributed by atoms with van der Waals surface area (Å²) < 4.78 is 12.6. The Morgan fingerprint density at radius 1 is 1.38 bits per heavy atom. The van der Waals surface area contributed by atoms with Crippen molar-refractivity contribution in [1.82, 2.24) is 5.32 Å². The Bertz CT molecular complexity index is 344. The maximum absolute atomic E-state index is 12.6. The Morgan fingerprint density at radius 2 is 2.00 bits per heavy atom. The Balaban J connectivity index is 2.37. The highest BCUT2D eigenvalue weighted by molar-refractivity contribution is 5.78. The fourth-order valence-corrected chi connectivity index (χ4v) is 1.30. The molecule has 0 atom stereocenters. The second-order valence-corrected chi connectivity index (χ2v) is 3.94. The van der Waals surface area contributed by atoms with Crippen LogP contribution in [0.1, 0.15) is 19.4 Å². The Hall–Kier alpha value is -1.58. The van der Waals surface area contributed by atoms with Gasteiger partial charge in [-0.1, -0.05) is 12.1 Å². The lowest BCUT2D eigenvalue weighted by atomic mass is 10.1. The van der Waals surface area contributed by atoms with Crippen molar-refractivity contribution in [3.63, 3.8) is 0 Å². The lowest BCUT2D eigenvalue weighted by Gasteiger charge is -2.08. The van der Waals surface area contributed by atoms with Crippen LogP contribution in [0.3, 0.4) is 0 Å². The lowest BCUT2D eigenvalue weighted by Crippen LogP contribution is -2.36. The molecule has 88 valence electrons. The average Bonchev–Trinajstić information content (AvgIpc) is 2.20. The number of hydrogen-bond donors (Lipinski definition) is 2. The van der Waals surface area contributed by atoms with E-state index in [1.165, 1.54) is 12.1 Å². The smallest absolute Gasteiger partial charge is 0.188 e. The standard InChI is InChI=1S/C12H18FN3/c1-9(2)16-12(14)15-8-7-10-3-5-11(13)6-4-10/h3-6,9H,7-8H2,1-2H3,(H3,14,15,16). The van der Waals surface area contributed by atoms with E-state index in [1.54, 1.807) is 12.1 Å². The molecule has 0 spiro atoms. The van der Waals surface area contributed by atoms with Crippen molar-refractivity contribution in [3.05, 3.63) is 35.6 Å². The molecule has 0 aromatic heterocycles. The zero-order valence-corrected chi connectivity index (χ0v) is 9.70. The van der Waals surface area contributed by atoms with Crippen molar-refractivity contribution in [2.24, 2.45) is 10.7 Å². The summed E-state index contributed by atoms with van der Waals surface area (Å²) in [5, 5.41) is 3.01. The van der Waals surface area contributed by atoms with Gasteiger partial charge in [-0.3, -0.25) is 4.99 Å². The highest BCUT2D eigenvalue weighted by atomic mass is 19.1.